The molecule has 1 heterocycles. The van der Waals surface area contributed by atoms with Gasteiger partial charge in [-0.15, -0.1) is 24.8 Å². The molecule has 1 aromatic heterocycles. The van der Waals surface area contributed by atoms with Crippen molar-refractivity contribution in [1.29, 1.82) is 0 Å². The molecule has 0 bridgehead atoms. The van der Waals surface area contributed by atoms with Gasteiger partial charge in [0.2, 0.25) is 10.0 Å². The van der Waals surface area contributed by atoms with Crippen LogP contribution in [-0.2, 0) is 16.4 Å². The number of fused-ring (bicyclic) bond motifs is 1. The molecule has 0 saturated heterocycles. The summed E-state index contributed by atoms with van der Waals surface area (Å²) in [7, 11) is -1.93. The Balaban J connectivity index is 0.00000225. The molecule has 30 heavy (non-hydrogen) atoms. The van der Waals surface area contributed by atoms with Crippen molar-refractivity contribution in [2.45, 2.75) is 24.3 Å². The molecule has 3 rings (SSSR count). The average Bonchev–Trinajstić information content (AvgIpc) is 2.70. The molecule has 3 aromatic rings. The van der Waals surface area contributed by atoms with Crippen LogP contribution in [0.4, 0.5) is 0 Å². The van der Waals surface area contributed by atoms with Crippen LogP contribution in [0.2, 0.25) is 0 Å². The maximum absolute atomic E-state index is 12.6. The summed E-state index contributed by atoms with van der Waals surface area (Å²) in [5.41, 5.74) is 1.17. The highest BCUT2D eigenvalue weighted by molar-refractivity contribution is 7.89. The van der Waals surface area contributed by atoms with Gasteiger partial charge in [0.1, 0.15) is 5.75 Å². The normalized spacial score (nSPS) is 11.9. The van der Waals surface area contributed by atoms with Crippen LogP contribution in [0.5, 0.6) is 5.75 Å². The zero-order valence-corrected chi connectivity index (χ0v) is 19.3. The number of hydrogen-bond donors (Lipinski definition) is 2. The standard InChI is InChI=1S/C21H25N3O3S.2ClH/c1-16(14-22-10-8-17-4-3-5-20(12-17)27-2)24-28(25,26)21-7-6-19-15-23-11-9-18(19)13-21;;/h3-7,9,11-13,15-16,22,24H,8,10,14H2,1-2H3;2*1H/t16-;;/m1../s1. The smallest absolute Gasteiger partial charge is 0.240 e. The Morgan fingerprint density at radius 3 is 2.63 bits per heavy atom. The molecule has 0 aliphatic carbocycles. The predicted molar refractivity (Wildman–Crippen MR) is 126 cm³/mol. The van der Waals surface area contributed by atoms with Gasteiger partial charge >= 0.3 is 0 Å². The number of nitrogens with one attached hydrogen (secondary N) is 2. The summed E-state index contributed by atoms with van der Waals surface area (Å²) in [5, 5.41) is 5.06. The topological polar surface area (TPSA) is 80.3 Å². The van der Waals surface area contributed by atoms with E-state index in [1.807, 2.05) is 31.2 Å². The molecule has 0 aliphatic rings. The molecule has 0 aliphatic heterocycles. The van der Waals surface area contributed by atoms with Crippen LogP contribution in [0.15, 0.2) is 65.8 Å². The zero-order valence-electron chi connectivity index (χ0n) is 16.9. The lowest BCUT2D eigenvalue weighted by Gasteiger charge is -2.15. The highest BCUT2D eigenvalue weighted by atomic mass is 35.5. The van der Waals surface area contributed by atoms with Crippen molar-refractivity contribution in [1.82, 2.24) is 15.0 Å². The maximum Gasteiger partial charge on any atom is 0.240 e. The third-order valence-electron chi connectivity index (χ3n) is 4.45. The first-order chi connectivity index (χ1) is 13.5. The first-order valence-electron chi connectivity index (χ1n) is 9.18. The molecule has 0 unspecified atom stereocenters. The Morgan fingerprint density at radius 1 is 1.07 bits per heavy atom. The Morgan fingerprint density at radius 2 is 1.87 bits per heavy atom. The van der Waals surface area contributed by atoms with Crippen LogP contribution < -0.4 is 14.8 Å². The lowest BCUT2D eigenvalue weighted by molar-refractivity contribution is 0.414. The van der Waals surface area contributed by atoms with Crippen LogP contribution in [0.25, 0.3) is 10.8 Å². The number of nitrogens with zero attached hydrogens (tertiary/aromatic N) is 1. The minimum atomic E-state index is -3.58. The lowest BCUT2D eigenvalue weighted by atomic mass is 10.1. The Labute approximate surface area is 190 Å². The second kappa shape index (κ2) is 12.1. The number of benzene rings is 2. The van der Waals surface area contributed by atoms with E-state index in [0.717, 1.165) is 29.5 Å². The van der Waals surface area contributed by atoms with Gasteiger partial charge in [-0.1, -0.05) is 18.2 Å². The summed E-state index contributed by atoms with van der Waals surface area (Å²) in [5.74, 6) is 0.838. The van der Waals surface area contributed by atoms with E-state index in [2.05, 4.69) is 15.0 Å². The van der Waals surface area contributed by atoms with Crippen LogP contribution in [0.3, 0.4) is 0 Å². The van der Waals surface area contributed by atoms with Crippen molar-refractivity contribution in [3.63, 3.8) is 0 Å². The molecule has 1 atom stereocenters. The first-order valence-corrected chi connectivity index (χ1v) is 10.7. The fourth-order valence-electron chi connectivity index (χ4n) is 2.98. The zero-order chi connectivity index (χ0) is 20.0. The molecule has 6 nitrogen and oxygen atoms in total. The summed E-state index contributed by atoms with van der Waals surface area (Å²) in [6, 6.07) is 14.5. The molecule has 0 amide bonds. The lowest BCUT2D eigenvalue weighted by Crippen LogP contribution is -2.40. The highest BCUT2D eigenvalue weighted by Crippen LogP contribution is 2.18. The number of hydrogen-bond acceptors (Lipinski definition) is 5. The van der Waals surface area contributed by atoms with E-state index in [1.54, 1.807) is 43.8 Å². The van der Waals surface area contributed by atoms with Gasteiger partial charge in [0, 0.05) is 30.4 Å². The van der Waals surface area contributed by atoms with Gasteiger partial charge < -0.3 is 10.1 Å². The quantitative estimate of drug-likeness (QED) is 0.466. The van der Waals surface area contributed by atoms with Crippen molar-refractivity contribution in [2.75, 3.05) is 20.2 Å². The average molecular weight is 472 g/mol. The molecule has 2 N–H and O–H groups in total. The predicted octanol–water partition coefficient (Wildman–Crippen LogP) is 3.59. The van der Waals surface area contributed by atoms with Crippen molar-refractivity contribution < 1.29 is 13.2 Å². The largest absolute Gasteiger partial charge is 0.497 e. The van der Waals surface area contributed by atoms with E-state index in [1.165, 1.54) is 5.56 Å². The second-order valence-electron chi connectivity index (χ2n) is 6.71. The highest BCUT2D eigenvalue weighted by Gasteiger charge is 2.17. The monoisotopic (exact) mass is 471 g/mol. The Bertz CT molecular complexity index is 1050. The third kappa shape index (κ3) is 7.11. The number of halogens is 2. The fourth-order valence-corrected chi connectivity index (χ4v) is 4.26. The van der Waals surface area contributed by atoms with E-state index in [9.17, 15) is 8.42 Å². The molecule has 0 fully saturated rings. The van der Waals surface area contributed by atoms with E-state index in [-0.39, 0.29) is 35.8 Å². The maximum atomic E-state index is 12.6. The van der Waals surface area contributed by atoms with Crippen LogP contribution >= 0.6 is 24.8 Å². The van der Waals surface area contributed by atoms with E-state index in [4.69, 9.17) is 4.74 Å². The van der Waals surface area contributed by atoms with E-state index in [0.29, 0.717) is 6.54 Å². The summed E-state index contributed by atoms with van der Waals surface area (Å²) in [6.07, 6.45) is 4.21. The molecular weight excluding hydrogens is 445 g/mol. The Kier molecular flexibility index (Phi) is 10.5. The number of methoxy groups -OCH3 is 1. The molecule has 0 saturated carbocycles. The summed E-state index contributed by atoms with van der Waals surface area (Å²) < 4.78 is 33.2. The molecule has 0 spiro atoms. The van der Waals surface area contributed by atoms with Crippen molar-refractivity contribution in [2.24, 2.45) is 0 Å². The van der Waals surface area contributed by atoms with Gasteiger partial charge in [0.25, 0.3) is 0 Å². The van der Waals surface area contributed by atoms with Crippen molar-refractivity contribution in [3.05, 3.63) is 66.5 Å². The minimum absolute atomic E-state index is 0. The van der Waals surface area contributed by atoms with Gasteiger partial charge in [-0.25, -0.2) is 13.1 Å². The van der Waals surface area contributed by atoms with Crippen molar-refractivity contribution in [3.8, 4) is 5.75 Å². The van der Waals surface area contributed by atoms with E-state index >= 15 is 0 Å². The molecule has 164 valence electrons. The van der Waals surface area contributed by atoms with Crippen LogP contribution in [0, 0.1) is 0 Å². The number of rotatable bonds is 9. The summed E-state index contributed by atoms with van der Waals surface area (Å²) in [6.45, 7) is 3.14. The number of aromatic nitrogens is 1. The number of ether oxygens (including phenoxy) is 1. The molecule has 2 aromatic carbocycles. The first kappa shape index (κ1) is 26.1. The SMILES string of the molecule is COc1cccc(CCNC[C@@H](C)NS(=O)(=O)c2ccc3cnccc3c2)c1.Cl.Cl. The van der Waals surface area contributed by atoms with Crippen molar-refractivity contribution >= 4 is 45.6 Å². The van der Waals surface area contributed by atoms with Gasteiger partial charge in [0.05, 0.1) is 12.0 Å². The number of sulfonamides is 1. The van der Waals surface area contributed by atoms with Crippen LogP contribution in [0.1, 0.15) is 12.5 Å². The van der Waals surface area contributed by atoms with Gasteiger partial charge in [-0.3, -0.25) is 4.98 Å². The molecular formula is C21H27Cl2N3O3S. The van der Waals surface area contributed by atoms with Crippen LogP contribution in [-0.4, -0.2) is 39.6 Å². The third-order valence-corrected chi connectivity index (χ3v) is 6.04. The summed E-state index contributed by atoms with van der Waals surface area (Å²) >= 11 is 0. The van der Waals surface area contributed by atoms with E-state index < -0.39 is 10.0 Å². The fraction of sp³-hybridized carbons (Fsp3) is 0.286. The second-order valence-corrected chi connectivity index (χ2v) is 8.43. The van der Waals surface area contributed by atoms with Gasteiger partial charge in [-0.05, 0) is 61.2 Å². The molecule has 9 heteroatoms. The minimum Gasteiger partial charge on any atom is -0.497 e. The Hall–Kier alpha value is -1.90. The number of pyridine rings is 1. The van der Waals surface area contributed by atoms with Gasteiger partial charge in [-0.2, -0.15) is 0 Å². The molecule has 0 radical (unpaired) electrons. The van der Waals surface area contributed by atoms with Gasteiger partial charge in [0.15, 0.2) is 0 Å². The summed E-state index contributed by atoms with van der Waals surface area (Å²) in [4.78, 5) is 4.30.